The summed E-state index contributed by atoms with van der Waals surface area (Å²) in [6.45, 7) is 9.28. The second-order valence-electron chi connectivity index (χ2n) is 5.39. The van der Waals surface area contributed by atoms with Crippen LogP contribution in [0, 0.1) is 11.8 Å². The lowest BCUT2D eigenvalue weighted by molar-refractivity contribution is -0.0507. The Morgan fingerprint density at radius 2 is 1.94 bits per heavy atom. The van der Waals surface area contributed by atoms with Crippen LogP contribution in [0.1, 0.15) is 52.9 Å². The summed E-state index contributed by atoms with van der Waals surface area (Å²) < 4.78 is 11.7. The zero-order valence-corrected chi connectivity index (χ0v) is 11.2. The topological polar surface area (TPSA) is 18.5 Å². The molecule has 1 rings (SSSR count). The van der Waals surface area contributed by atoms with Crippen LogP contribution >= 0.6 is 0 Å². The van der Waals surface area contributed by atoms with Crippen LogP contribution in [-0.4, -0.2) is 25.9 Å². The third kappa shape index (κ3) is 5.31. The fourth-order valence-electron chi connectivity index (χ4n) is 2.28. The Morgan fingerprint density at radius 3 is 2.62 bits per heavy atom. The monoisotopic (exact) mass is 228 g/mol. The van der Waals surface area contributed by atoms with Gasteiger partial charge in [0.1, 0.15) is 0 Å². The van der Waals surface area contributed by atoms with Crippen LogP contribution < -0.4 is 0 Å². The second kappa shape index (κ2) is 8.08. The fourth-order valence-corrected chi connectivity index (χ4v) is 2.28. The molecular weight excluding hydrogens is 200 g/mol. The van der Waals surface area contributed by atoms with Gasteiger partial charge in [-0.15, -0.1) is 0 Å². The van der Waals surface area contributed by atoms with Gasteiger partial charge in [-0.2, -0.15) is 0 Å². The van der Waals surface area contributed by atoms with Crippen molar-refractivity contribution in [3.8, 4) is 0 Å². The van der Waals surface area contributed by atoms with Gasteiger partial charge in [-0.25, -0.2) is 0 Å². The molecule has 0 aliphatic heterocycles. The van der Waals surface area contributed by atoms with E-state index in [2.05, 4.69) is 20.8 Å². The summed E-state index contributed by atoms with van der Waals surface area (Å²) in [6.07, 6.45) is 6.76. The van der Waals surface area contributed by atoms with E-state index >= 15 is 0 Å². The molecule has 16 heavy (non-hydrogen) atoms. The van der Waals surface area contributed by atoms with Crippen molar-refractivity contribution in [3.63, 3.8) is 0 Å². The lowest BCUT2D eigenvalue weighted by Gasteiger charge is -2.31. The van der Waals surface area contributed by atoms with Gasteiger partial charge >= 0.3 is 0 Å². The van der Waals surface area contributed by atoms with E-state index in [0.717, 1.165) is 26.2 Å². The number of rotatable bonds is 7. The van der Waals surface area contributed by atoms with E-state index < -0.39 is 0 Å². The van der Waals surface area contributed by atoms with Crippen molar-refractivity contribution in [1.82, 2.24) is 0 Å². The lowest BCUT2D eigenvalue weighted by atomic mass is 9.87. The molecule has 2 atom stereocenters. The summed E-state index contributed by atoms with van der Waals surface area (Å²) in [4.78, 5) is 0. The van der Waals surface area contributed by atoms with Gasteiger partial charge in [-0.05, 0) is 25.2 Å². The van der Waals surface area contributed by atoms with Crippen molar-refractivity contribution in [2.24, 2.45) is 11.8 Å². The normalized spacial score (nSPS) is 26.2. The smallest absolute Gasteiger partial charge is 0.0625 e. The SMILES string of the molecule is CCCOCC1CCCCC1OCC(C)C. The van der Waals surface area contributed by atoms with Gasteiger partial charge < -0.3 is 9.47 Å². The lowest BCUT2D eigenvalue weighted by Crippen LogP contribution is -2.32. The van der Waals surface area contributed by atoms with Crippen LogP contribution in [0.4, 0.5) is 0 Å². The summed E-state index contributed by atoms with van der Waals surface area (Å²) in [5.41, 5.74) is 0. The summed E-state index contributed by atoms with van der Waals surface area (Å²) in [6, 6.07) is 0. The van der Waals surface area contributed by atoms with Crippen molar-refractivity contribution in [3.05, 3.63) is 0 Å². The van der Waals surface area contributed by atoms with E-state index in [9.17, 15) is 0 Å². The highest BCUT2D eigenvalue weighted by atomic mass is 16.5. The van der Waals surface area contributed by atoms with Crippen molar-refractivity contribution in [1.29, 1.82) is 0 Å². The third-order valence-electron chi connectivity index (χ3n) is 3.16. The highest BCUT2D eigenvalue weighted by molar-refractivity contribution is 4.76. The molecule has 0 bridgehead atoms. The zero-order chi connectivity index (χ0) is 11.8. The van der Waals surface area contributed by atoms with Crippen molar-refractivity contribution >= 4 is 0 Å². The standard InChI is InChI=1S/C14H28O2/c1-4-9-15-11-13-7-5-6-8-14(13)16-10-12(2)3/h12-14H,4-11H2,1-3H3. The maximum atomic E-state index is 6.01. The minimum atomic E-state index is 0.452. The van der Waals surface area contributed by atoms with E-state index in [0.29, 0.717) is 17.9 Å². The Bertz CT molecular complexity index is 168. The van der Waals surface area contributed by atoms with Crippen molar-refractivity contribution in [2.45, 2.75) is 59.0 Å². The summed E-state index contributed by atoms with van der Waals surface area (Å²) in [5, 5.41) is 0. The first-order chi connectivity index (χ1) is 7.74. The molecule has 0 aromatic heterocycles. The van der Waals surface area contributed by atoms with E-state index in [-0.39, 0.29) is 0 Å². The van der Waals surface area contributed by atoms with Crippen molar-refractivity contribution in [2.75, 3.05) is 19.8 Å². The maximum Gasteiger partial charge on any atom is 0.0625 e. The molecule has 0 radical (unpaired) electrons. The molecule has 0 amide bonds. The van der Waals surface area contributed by atoms with Crippen LogP contribution in [0.15, 0.2) is 0 Å². The highest BCUT2D eigenvalue weighted by Gasteiger charge is 2.25. The molecule has 1 saturated carbocycles. The minimum absolute atomic E-state index is 0.452. The molecule has 1 aliphatic rings. The molecule has 0 spiro atoms. The Balaban J connectivity index is 2.26. The van der Waals surface area contributed by atoms with Crippen LogP contribution in [0.2, 0.25) is 0 Å². The van der Waals surface area contributed by atoms with Gasteiger partial charge in [0.2, 0.25) is 0 Å². The maximum absolute atomic E-state index is 6.01. The minimum Gasteiger partial charge on any atom is -0.381 e. The van der Waals surface area contributed by atoms with Crippen LogP contribution in [0.3, 0.4) is 0 Å². The van der Waals surface area contributed by atoms with Gasteiger partial charge in [0.15, 0.2) is 0 Å². The first kappa shape index (κ1) is 14.0. The predicted octanol–water partition coefficient (Wildman–Crippen LogP) is 3.64. The third-order valence-corrected chi connectivity index (χ3v) is 3.16. The van der Waals surface area contributed by atoms with Gasteiger partial charge in [0, 0.05) is 19.1 Å². The van der Waals surface area contributed by atoms with Crippen LogP contribution in [-0.2, 0) is 9.47 Å². The van der Waals surface area contributed by atoms with E-state index in [4.69, 9.17) is 9.47 Å². The molecule has 1 fully saturated rings. The molecule has 96 valence electrons. The second-order valence-corrected chi connectivity index (χ2v) is 5.39. The molecule has 0 aromatic rings. The predicted molar refractivity (Wildman–Crippen MR) is 67.6 cm³/mol. The Labute approximate surface area is 101 Å². The quantitative estimate of drug-likeness (QED) is 0.619. The summed E-state index contributed by atoms with van der Waals surface area (Å²) in [7, 11) is 0. The molecule has 1 aliphatic carbocycles. The average molecular weight is 228 g/mol. The largest absolute Gasteiger partial charge is 0.381 e. The molecule has 2 heteroatoms. The fraction of sp³-hybridized carbons (Fsp3) is 1.00. The summed E-state index contributed by atoms with van der Waals surface area (Å²) >= 11 is 0. The van der Waals surface area contributed by atoms with Gasteiger partial charge in [-0.3, -0.25) is 0 Å². The number of hydrogen-bond acceptors (Lipinski definition) is 2. The molecule has 0 aromatic carbocycles. The van der Waals surface area contributed by atoms with E-state index in [1.54, 1.807) is 0 Å². The van der Waals surface area contributed by atoms with Crippen LogP contribution in [0.25, 0.3) is 0 Å². The van der Waals surface area contributed by atoms with Crippen molar-refractivity contribution < 1.29 is 9.47 Å². The first-order valence-corrected chi connectivity index (χ1v) is 6.93. The molecule has 0 saturated heterocycles. The number of hydrogen-bond donors (Lipinski definition) is 0. The van der Waals surface area contributed by atoms with E-state index in [1.807, 2.05) is 0 Å². The molecule has 0 heterocycles. The van der Waals surface area contributed by atoms with Gasteiger partial charge in [0.05, 0.1) is 12.7 Å². The van der Waals surface area contributed by atoms with Gasteiger partial charge in [-0.1, -0.05) is 33.6 Å². The van der Waals surface area contributed by atoms with Crippen LogP contribution in [0.5, 0.6) is 0 Å². The Morgan fingerprint density at radius 1 is 1.19 bits per heavy atom. The zero-order valence-electron chi connectivity index (χ0n) is 11.2. The molecule has 0 N–H and O–H groups in total. The Kier molecular flexibility index (Phi) is 7.06. The number of ether oxygens (including phenoxy) is 2. The average Bonchev–Trinajstić information content (AvgIpc) is 2.28. The highest BCUT2D eigenvalue weighted by Crippen LogP contribution is 2.27. The molecule has 2 nitrogen and oxygen atoms in total. The Hall–Kier alpha value is -0.0800. The first-order valence-electron chi connectivity index (χ1n) is 6.93. The van der Waals surface area contributed by atoms with E-state index in [1.165, 1.54) is 25.7 Å². The molecular formula is C14H28O2. The summed E-state index contributed by atoms with van der Waals surface area (Å²) in [5.74, 6) is 1.28. The molecule has 2 unspecified atom stereocenters. The van der Waals surface area contributed by atoms with Gasteiger partial charge in [0.25, 0.3) is 0 Å².